The van der Waals surface area contributed by atoms with E-state index in [0.29, 0.717) is 19.8 Å². The highest BCUT2D eigenvalue weighted by Gasteiger charge is 2.52. The molecule has 0 unspecified atom stereocenters. The zero-order valence-electron chi connectivity index (χ0n) is 17.0. The highest BCUT2D eigenvalue weighted by atomic mass is 32.2. The van der Waals surface area contributed by atoms with Gasteiger partial charge in [0.05, 0.1) is 13.0 Å². The number of hydrogen-bond donors (Lipinski definition) is 0. The van der Waals surface area contributed by atoms with Crippen LogP contribution in [0.2, 0.25) is 19.6 Å². The lowest BCUT2D eigenvalue weighted by molar-refractivity contribution is 0.0829. The standard InChI is InChI=1S/C18H32O5SSi2/c1-8-21-26(22-9-2,23-10-3)18(15-25(5,6)7)24(19,20)17-13-11-16(4)12-14-17/h11-15H,8-10H2,1-7H3/b18-15+. The molecule has 0 saturated heterocycles. The van der Waals surface area contributed by atoms with Gasteiger partial charge in [-0.1, -0.05) is 43.0 Å². The summed E-state index contributed by atoms with van der Waals surface area (Å²) < 4.78 is 45.0. The minimum atomic E-state index is -3.79. The van der Waals surface area contributed by atoms with Gasteiger partial charge in [-0.2, -0.15) is 0 Å². The molecule has 0 saturated carbocycles. The summed E-state index contributed by atoms with van der Waals surface area (Å²) >= 11 is 0. The lowest BCUT2D eigenvalue weighted by atomic mass is 10.2. The summed E-state index contributed by atoms with van der Waals surface area (Å²) in [5.41, 5.74) is 2.86. The van der Waals surface area contributed by atoms with Crippen LogP contribution in [0.25, 0.3) is 0 Å². The molecule has 8 heteroatoms. The maximum absolute atomic E-state index is 13.5. The summed E-state index contributed by atoms with van der Waals surface area (Å²) in [6, 6.07) is 6.85. The first-order valence-electron chi connectivity index (χ1n) is 8.99. The number of sulfone groups is 1. The van der Waals surface area contributed by atoms with Crippen molar-refractivity contribution in [3.05, 3.63) is 40.1 Å². The van der Waals surface area contributed by atoms with Crippen molar-refractivity contribution in [2.24, 2.45) is 0 Å². The average Bonchev–Trinajstić information content (AvgIpc) is 2.53. The fraction of sp³-hybridized carbons (Fsp3) is 0.556. The van der Waals surface area contributed by atoms with Crippen molar-refractivity contribution in [2.75, 3.05) is 19.8 Å². The van der Waals surface area contributed by atoms with E-state index in [9.17, 15) is 8.42 Å². The maximum Gasteiger partial charge on any atom is 0.548 e. The third-order valence-electron chi connectivity index (χ3n) is 3.49. The molecule has 26 heavy (non-hydrogen) atoms. The molecule has 0 radical (unpaired) electrons. The Morgan fingerprint density at radius 2 is 1.35 bits per heavy atom. The van der Waals surface area contributed by atoms with E-state index in [2.05, 4.69) is 19.6 Å². The van der Waals surface area contributed by atoms with Crippen molar-refractivity contribution < 1.29 is 21.7 Å². The van der Waals surface area contributed by atoms with Gasteiger partial charge in [-0.3, -0.25) is 0 Å². The summed E-state index contributed by atoms with van der Waals surface area (Å²) in [4.78, 5) is 0.239. The molecule has 0 aliphatic heterocycles. The van der Waals surface area contributed by atoms with Crippen LogP contribution in [0.4, 0.5) is 0 Å². The van der Waals surface area contributed by atoms with E-state index >= 15 is 0 Å². The second-order valence-electron chi connectivity index (χ2n) is 7.05. The second kappa shape index (κ2) is 9.43. The number of rotatable bonds is 10. The SMILES string of the molecule is CCO[Si](OCC)(OCC)/C(=C/[Si](C)(C)C)S(=O)(=O)c1ccc(C)cc1. The highest BCUT2D eigenvalue weighted by Crippen LogP contribution is 2.32. The first kappa shape index (κ1) is 23.3. The lowest BCUT2D eigenvalue weighted by Crippen LogP contribution is -2.51. The normalized spacial score (nSPS) is 13.9. The van der Waals surface area contributed by atoms with Crippen LogP contribution in [0, 0.1) is 6.92 Å². The summed E-state index contributed by atoms with van der Waals surface area (Å²) in [7, 11) is -9.27. The topological polar surface area (TPSA) is 61.8 Å². The van der Waals surface area contributed by atoms with Gasteiger partial charge in [0.2, 0.25) is 9.84 Å². The molecule has 0 spiro atoms. The Labute approximate surface area is 160 Å². The Hall–Kier alpha value is -0.776. The summed E-state index contributed by atoms with van der Waals surface area (Å²) in [6.07, 6.45) is 0. The zero-order valence-corrected chi connectivity index (χ0v) is 19.8. The molecule has 148 valence electrons. The molecule has 0 bridgehead atoms. The fourth-order valence-corrected chi connectivity index (χ4v) is 11.7. The largest absolute Gasteiger partial charge is 0.548 e. The van der Waals surface area contributed by atoms with Gasteiger partial charge in [0, 0.05) is 19.8 Å². The van der Waals surface area contributed by atoms with E-state index in [-0.39, 0.29) is 9.42 Å². The fourth-order valence-electron chi connectivity index (χ4n) is 2.48. The Balaban J connectivity index is 3.71. The van der Waals surface area contributed by atoms with Crippen LogP contribution in [0.15, 0.2) is 39.4 Å². The van der Waals surface area contributed by atoms with Crippen molar-refractivity contribution >= 4 is 26.7 Å². The van der Waals surface area contributed by atoms with Gasteiger partial charge < -0.3 is 13.3 Å². The van der Waals surface area contributed by atoms with Gasteiger partial charge in [-0.05, 0) is 39.8 Å². The van der Waals surface area contributed by atoms with E-state index in [1.54, 1.807) is 24.3 Å². The molecule has 0 aliphatic rings. The van der Waals surface area contributed by atoms with Crippen LogP contribution in [-0.4, -0.2) is 45.1 Å². The predicted molar refractivity (Wildman–Crippen MR) is 110 cm³/mol. The molecule has 0 atom stereocenters. The van der Waals surface area contributed by atoms with Crippen LogP contribution >= 0.6 is 0 Å². The molecule has 0 aliphatic carbocycles. The number of benzene rings is 1. The summed E-state index contributed by atoms with van der Waals surface area (Å²) in [5.74, 6) is 0. The molecule has 0 N–H and O–H groups in total. The minimum absolute atomic E-state index is 0.179. The second-order valence-corrected chi connectivity index (χ2v) is 16.9. The Kier molecular flexibility index (Phi) is 8.44. The van der Waals surface area contributed by atoms with Crippen molar-refractivity contribution in [3.63, 3.8) is 0 Å². The summed E-state index contributed by atoms with van der Waals surface area (Å²) in [5, 5.41) is 0. The van der Waals surface area contributed by atoms with Crippen LogP contribution in [0.3, 0.4) is 0 Å². The third-order valence-corrected chi connectivity index (χ3v) is 11.0. The van der Waals surface area contributed by atoms with Gasteiger partial charge in [0.25, 0.3) is 0 Å². The van der Waals surface area contributed by atoms with Crippen LogP contribution < -0.4 is 0 Å². The molecule has 1 aromatic rings. The molecular weight excluding hydrogens is 384 g/mol. The van der Waals surface area contributed by atoms with E-state index in [1.807, 2.05) is 33.4 Å². The maximum atomic E-state index is 13.5. The lowest BCUT2D eigenvalue weighted by Gasteiger charge is -2.31. The quantitative estimate of drug-likeness (QED) is 0.537. The van der Waals surface area contributed by atoms with Gasteiger partial charge >= 0.3 is 8.80 Å². The number of hydrogen-bond acceptors (Lipinski definition) is 5. The van der Waals surface area contributed by atoms with Crippen LogP contribution in [-0.2, 0) is 23.1 Å². The molecular formula is C18H32O5SSi2. The molecule has 1 rings (SSSR count). The number of aryl methyl sites for hydroxylation is 1. The Bertz CT molecular complexity index is 689. The van der Waals surface area contributed by atoms with E-state index in [0.717, 1.165) is 5.56 Å². The summed E-state index contributed by atoms with van der Waals surface area (Å²) in [6.45, 7) is 14.6. The highest BCUT2D eigenvalue weighted by molar-refractivity contribution is 7.97. The molecule has 0 aromatic heterocycles. The van der Waals surface area contributed by atoms with Gasteiger partial charge in [0.1, 0.15) is 4.53 Å². The average molecular weight is 417 g/mol. The van der Waals surface area contributed by atoms with E-state index in [4.69, 9.17) is 13.3 Å². The Morgan fingerprint density at radius 1 is 0.923 bits per heavy atom. The van der Waals surface area contributed by atoms with Crippen LogP contribution in [0.1, 0.15) is 26.3 Å². The van der Waals surface area contributed by atoms with Gasteiger partial charge in [0.15, 0.2) is 0 Å². The van der Waals surface area contributed by atoms with Crippen molar-refractivity contribution in [1.29, 1.82) is 0 Å². The Morgan fingerprint density at radius 3 is 1.69 bits per heavy atom. The van der Waals surface area contributed by atoms with Crippen molar-refractivity contribution in [2.45, 2.75) is 52.2 Å². The van der Waals surface area contributed by atoms with Crippen molar-refractivity contribution in [1.82, 2.24) is 0 Å². The third kappa shape index (κ3) is 5.86. The minimum Gasteiger partial charge on any atom is -0.370 e. The molecule has 0 fully saturated rings. The van der Waals surface area contributed by atoms with Crippen molar-refractivity contribution in [3.8, 4) is 0 Å². The molecule has 1 aromatic carbocycles. The monoisotopic (exact) mass is 416 g/mol. The predicted octanol–water partition coefficient (Wildman–Crippen LogP) is 4.12. The molecule has 0 amide bonds. The molecule has 0 heterocycles. The van der Waals surface area contributed by atoms with Crippen LogP contribution in [0.5, 0.6) is 0 Å². The zero-order chi connectivity index (χ0) is 20.0. The van der Waals surface area contributed by atoms with E-state index in [1.165, 1.54) is 0 Å². The van der Waals surface area contributed by atoms with Gasteiger partial charge in [-0.25, -0.2) is 8.42 Å². The molecule has 5 nitrogen and oxygen atoms in total. The van der Waals surface area contributed by atoms with E-state index < -0.39 is 26.7 Å². The van der Waals surface area contributed by atoms with Gasteiger partial charge in [-0.15, -0.1) is 0 Å². The smallest absolute Gasteiger partial charge is 0.370 e. The first-order valence-corrected chi connectivity index (χ1v) is 15.8. The first-order chi connectivity index (χ1) is 12.0.